The van der Waals surface area contributed by atoms with Gasteiger partial charge in [-0.1, -0.05) is 54.1 Å². The lowest BCUT2D eigenvalue weighted by atomic mass is 10.1. The number of rotatable bonds is 6. The molecule has 0 saturated carbocycles. The highest BCUT2D eigenvalue weighted by Gasteiger charge is 2.46. The smallest absolute Gasteiger partial charge is 0.319 e. The number of urea groups is 1. The molecule has 2 fully saturated rings. The van der Waals surface area contributed by atoms with Gasteiger partial charge in [0.1, 0.15) is 12.1 Å². The maximum Gasteiger partial charge on any atom is 0.319 e. The number of anilines is 1. The molecule has 9 heteroatoms. The van der Waals surface area contributed by atoms with E-state index in [1.807, 2.05) is 30.3 Å². The SMILES string of the molecule is O=C(Nc1ccccc1Cl)N[C@H]1C[C@H]2C(=O)N[C@@H](COCc3ccccc3)C(=O)N2C1. The summed E-state index contributed by atoms with van der Waals surface area (Å²) in [5.41, 5.74) is 1.48. The molecule has 162 valence electrons. The van der Waals surface area contributed by atoms with Crippen LogP contribution in [0.2, 0.25) is 5.02 Å². The summed E-state index contributed by atoms with van der Waals surface area (Å²) in [7, 11) is 0. The highest BCUT2D eigenvalue weighted by molar-refractivity contribution is 6.33. The Hall–Kier alpha value is -3.10. The molecule has 8 nitrogen and oxygen atoms in total. The minimum Gasteiger partial charge on any atom is -0.374 e. The first-order chi connectivity index (χ1) is 15.0. The van der Waals surface area contributed by atoms with Gasteiger partial charge >= 0.3 is 6.03 Å². The Morgan fingerprint density at radius 2 is 1.87 bits per heavy atom. The highest BCUT2D eigenvalue weighted by atomic mass is 35.5. The van der Waals surface area contributed by atoms with Crippen LogP contribution < -0.4 is 16.0 Å². The van der Waals surface area contributed by atoms with Crippen molar-refractivity contribution in [1.29, 1.82) is 0 Å². The Labute approximate surface area is 184 Å². The molecule has 2 heterocycles. The summed E-state index contributed by atoms with van der Waals surface area (Å²) < 4.78 is 5.64. The summed E-state index contributed by atoms with van der Waals surface area (Å²) in [6.07, 6.45) is 0.352. The van der Waals surface area contributed by atoms with Gasteiger partial charge in [0.2, 0.25) is 11.8 Å². The topological polar surface area (TPSA) is 99.8 Å². The van der Waals surface area contributed by atoms with Gasteiger partial charge in [-0.25, -0.2) is 4.79 Å². The molecule has 0 radical (unpaired) electrons. The molecule has 2 aromatic rings. The summed E-state index contributed by atoms with van der Waals surface area (Å²) in [6, 6.07) is 14.4. The number of carbonyl (C=O) groups excluding carboxylic acids is 3. The molecule has 2 saturated heterocycles. The molecule has 3 N–H and O–H groups in total. The van der Waals surface area contributed by atoms with E-state index in [0.717, 1.165) is 5.56 Å². The number of nitrogens with one attached hydrogen (secondary N) is 3. The van der Waals surface area contributed by atoms with Crippen LogP contribution >= 0.6 is 11.6 Å². The lowest BCUT2D eigenvalue weighted by Gasteiger charge is -2.34. The fourth-order valence-corrected chi connectivity index (χ4v) is 4.03. The second-order valence-corrected chi connectivity index (χ2v) is 7.99. The van der Waals surface area contributed by atoms with Gasteiger partial charge in [0.15, 0.2) is 0 Å². The van der Waals surface area contributed by atoms with E-state index in [1.165, 1.54) is 4.90 Å². The van der Waals surface area contributed by atoms with E-state index in [2.05, 4.69) is 16.0 Å². The Morgan fingerprint density at radius 3 is 2.65 bits per heavy atom. The third-order valence-electron chi connectivity index (χ3n) is 5.35. The zero-order valence-corrected chi connectivity index (χ0v) is 17.5. The minimum atomic E-state index is -0.733. The zero-order valence-electron chi connectivity index (χ0n) is 16.7. The average molecular weight is 443 g/mol. The van der Waals surface area contributed by atoms with Crippen molar-refractivity contribution >= 4 is 35.1 Å². The van der Waals surface area contributed by atoms with Crippen LogP contribution in [0.4, 0.5) is 10.5 Å². The van der Waals surface area contributed by atoms with Crippen LogP contribution in [0, 0.1) is 0 Å². The zero-order chi connectivity index (χ0) is 21.8. The Morgan fingerprint density at radius 1 is 1.13 bits per heavy atom. The van der Waals surface area contributed by atoms with Crippen LogP contribution in [-0.2, 0) is 20.9 Å². The predicted molar refractivity (Wildman–Crippen MR) is 116 cm³/mol. The summed E-state index contributed by atoms with van der Waals surface area (Å²) in [5.74, 6) is -0.433. The number of fused-ring (bicyclic) bond motifs is 1. The number of amides is 4. The maximum atomic E-state index is 12.8. The first-order valence-electron chi connectivity index (χ1n) is 10.1. The molecule has 2 aliphatic heterocycles. The van der Waals surface area contributed by atoms with Crippen molar-refractivity contribution in [2.45, 2.75) is 31.2 Å². The van der Waals surface area contributed by atoms with Gasteiger partial charge in [0.05, 0.1) is 30.0 Å². The second-order valence-electron chi connectivity index (χ2n) is 7.58. The summed E-state index contributed by atoms with van der Waals surface area (Å²) in [5, 5.41) is 8.67. The molecular formula is C22H23ClN4O4. The van der Waals surface area contributed by atoms with Crippen molar-refractivity contribution in [3.8, 4) is 0 Å². The summed E-state index contributed by atoms with van der Waals surface area (Å²) in [6.45, 7) is 0.714. The monoisotopic (exact) mass is 442 g/mol. The van der Waals surface area contributed by atoms with E-state index >= 15 is 0 Å². The van der Waals surface area contributed by atoms with Gasteiger partial charge in [-0.15, -0.1) is 0 Å². The Bertz CT molecular complexity index is 971. The number of piperazine rings is 1. The van der Waals surface area contributed by atoms with Gasteiger partial charge < -0.3 is 25.6 Å². The first kappa shape index (κ1) is 21.1. The van der Waals surface area contributed by atoms with Crippen LogP contribution in [0.1, 0.15) is 12.0 Å². The van der Waals surface area contributed by atoms with Crippen molar-refractivity contribution in [2.24, 2.45) is 0 Å². The average Bonchev–Trinajstić information content (AvgIpc) is 3.18. The number of ether oxygens (including phenoxy) is 1. The fourth-order valence-electron chi connectivity index (χ4n) is 3.85. The van der Waals surface area contributed by atoms with Gasteiger partial charge in [0, 0.05) is 6.54 Å². The number of hydrogen-bond acceptors (Lipinski definition) is 4. The minimum absolute atomic E-state index is 0.0910. The van der Waals surface area contributed by atoms with Crippen molar-refractivity contribution in [2.75, 3.05) is 18.5 Å². The van der Waals surface area contributed by atoms with Gasteiger partial charge in [-0.3, -0.25) is 9.59 Å². The lowest BCUT2D eigenvalue weighted by molar-refractivity contribution is -0.148. The highest BCUT2D eigenvalue weighted by Crippen LogP contribution is 2.24. The van der Waals surface area contributed by atoms with E-state index in [-0.39, 0.29) is 31.0 Å². The van der Waals surface area contributed by atoms with Crippen molar-refractivity contribution in [3.63, 3.8) is 0 Å². The van der Waals surface area contributed by atoms with Gasteiger partial charge in [0.25, 0.3) is 0 Å². The molecule has 0 unspecified atom stereocenters. The van der Waals surface area contributed by atoms with Crippen molar-refractivity contribution in [3.05, 3.63) is 65.2 Å². The largest absolute Gasteiger partial charge is 0.374 e. The number of benzene rings is 2. The molecule has 0 spiro atoms. The van der Waals surface area contributed by atoms with Crippen molar-refractivity contribution < 1.29 is 19.1 Å². The maximum absolute atomic E-state index is 12.8. The number of halogens is 1. The molecule has 0 bridgehead atoms. The number of hydrogen-bond donors (Lipinski definition) is 3. The lowest BCUT2D eigenvalue weighted by Crippen LogP contribution is -2.62. The molecule has 2 aromatic carbocycles. The van der Waals surface area contributed by atoms with Crippen LogP contribution in [0.25, 0.3) is 0 Å². The standard InChI is InChI=1S/C22H23ClN4O4/c23-16-8-4-5-9-17(16)26-22(30)24-15-10-19-20(28)25-18(21(29)27(19)11-15)13-31-12-14-6-2-1-3-7-14/h1-9,15,18-19H,10-13H2,(H,25,28)(H2,24,26,30)/t15-,18-,19-/m0/s1. The molecular weight excluding hydrogens is 420 g/mol. The Balaban J connectivity index is 1.30. The van der Waals surface area contributed by atoms with E-state index in [0.29, 0.717) is 23.7 Å². The first-order valence-corrected chi connectivity index (χ1v) is 10.4. The van der Waals surface area contributed by atoms with Crippen LogP contribution in [-0.4, -0.2) is 54.0 Å². The molecule has 2 aliphatic rings. The van der Waals surface area contributed by atoms with E-state index in [9.17, 15) is 14.4 Å². The van der Waals surface area contributed by atoms with Crippen LogP contribution in [0.3, 0.4) is 0 Å². The van der Waals surface area contributed by atoms with Gasteiger partial charge in [-0.2, -0.15) is 0 Å². The van der Waals surface area contributed by atoms with E-state index in [4.69, 9.17) is 16.3 Å². The normalized spacial score (nSPS) is 22.6. The summed E-state index contributed by atoms with van der Waals surface area (Å²) in [4.78, 5) is 39.2. The molecule has 4 rings (SSSR count). The molecule has 0 aromatic heterocycles. The Kier molecular flexibility index (Phi) is 6.39. The second kappa shape index (κ2) is 9.36. The van der Waals surface area contributed by atoms with Crippen LogP contribution in [0.5, 0.6) is 0 Å². The molecule has 3 atom stereocenters. The number of para-hydroxylation sites is 1. The van der Waals surface area contributed by atoms with Gasteiger partial charge in [-0.05, 0) is 24.1 Å². The fraction of sp³-hybridized carbons (Fsp3) is 0.318. The number of nitrogens with zero attached hydrogens (tertiary/aromatic N) is 1. The van der Waals surface area contributed by atoms with Crippen LogP contribution in [0.15, 0.2) is 54.6 Å². The third-order valence-corrected chi connectivity index (χ3v) is 5.68. The summed E-state index contributed by atoms with van der Waals surface area (Å²) >= 11 is 6.06. The number of carbonyl (C=O) groups is 3. The molecule has 0 aliphatic carbocycles. The quantitative estimate of drug-likeness (QED) is 0.638. The molecule has 4 amide bonds. The predicted octanol–water partition coefficient (Wildman–Crippen LogP) is 2.15. The third kappa shape index (κ3) is 4.98. The van der Waals surface area contributed by atoms with Crippen molar-refractivity contribution in [1.82, 2.24) is 15.5 Å². The van der Waals surface area contributed by atoms with E-state index in [1.54, 1.807) is 24.3 Å². The molecule has 31 heavy (non-hydrogen) atoms. The van der Waals surface area contributed by atoms with E-state index < -0.39 is 18.1 Å².